The Bertz CT molecular complexity index is 831. The van der Waals surface area contributed by atoms with Gasteiger partial charge in [0.15, 0.2) is 0 Å². The molecule has 0 amide bonds. The first-order valence-electron chi connectivity index (χ1n) is 11.9. The van der Waals surface area contributed by atoms with Crippen molar-refractivity contribution in [2.24, 2.45) is 15.9 Å². The summed E-state index contributed by atoms with van der Waals surface area (Å²) >= 11 is 6.09. The highest BCUT2D eigenvalue weighted by Crippen LogP contribution is 2.31. The molecule has 0 saturated carbocycles. The van der Waals surface area contributed by atoms with Crippen LogP contribution in [-0.4, -0.2) is 76.6 Å². The number of likely N-dealkylation sites (tertiary alicyclic amines) is 1. The standard InChI is InChI=1S/C24H36ClN5O2/c1-3-24(31,4-2)21-15-30(20(16-32-21)13-17-5-7-18(25)8-6-17)19-9-11-29(12-10-19)23-14-22(26)27-28-23/h5-8,19-21,31H,3-4,9-16H2,1-2H3,(H2,26,27)/t20-,21+/m0/s1. The van der Waals surface area contributed by atoms with Crippen molar-refractivity contribution in [3.05, 3.63) is 34.9 Å². The number of amidine groups is 2. The van der Waals surface area contributed by atoms with Crippen LogP contribution >= 0.6 is 11.6 Å². The Labute approximate surface area is 196 Å². The van der Waals surface area contributed by atoms with E-state index in [1.54, 1.807) is 0 Å². The fourth-order valence-corrected chi connectivity index (χ4v) is 5.37. The number of hydrogen-bond donors (Lipinski definition) is 2. The molecule has 0 radical (unpaired) electrons. The number of halogens is 1. The number of rotatable bonds is 6. The first-order chi connectivity index (χ1) is 15.4. The summed E-state index contributed by atoms with van der Waals surface area (Å²) in [5, 5.41) is 20.2. The summed E-state index contributed by atoms with van der Waals surface area (Å²) < 4.78 is 6.29. The molecule has 1 aromatic carbocycles. The second kappa shape index (κ2) is 10.1. The van der Waals surface area contributed by atoms with Crippen LogP contribution in [0.2, 0.25) is 5.02 Å². The van der Waals surface area contributed by atoms with Crippen molar-refractivity contribution in [2.45, 2.75) is 76.2 Å². The molecule has 3 heterocycles. The number of piperidine rings is 1. The third kappa shape index (κ3) is 5.11. The minimum Gasteiger partial charge on any atom is -0.387 e. The number of aliphatic hydroxyl groups is 1. The molecular weight excluding hydrogens is 426 g/mol. The highest BCUT2D eigenvalue weighted by atomic mass is 35.5. The van der Waals surface area contributed by atoms with Gasteiger partial charge in [-0.25, -0.2) is 0 Å². The quantitative estimate of drug-likeness (QED) is 0.679. The highest BCUT2D eigenvalue weighted by molar-refractivity contribution is 6.30. The van der Waals surface area contributed by atoms with Gasteiger partial charge in [0.2, 0.25) is 0 Å². The lowest BCUT2D eigenvalue weighted by Gasteiger charge is -2.50. The first kappa shape index (κ1) is 23.5. The van der Waals surface area contributed by atoms with E-state index in [9.17, 15) is 5.11 Å². The molecule has 8 heteroatoms. The summed E-state index contributed by atoms with van der Waals surface area (Å²) in [5.41, 5.74) is 6.30. The second-order valence-corrected chi connectivity index (χ2v) is 9.75. The fourth-order valence-electron chi connectivity index (χ4n) is 5.25. The second-order valence-electron chi connectivity index (χ2n) is 9.32. The molecule has 2 atom stereocenters. The Morgan fingerprint density at radius 3 is 2.44 bits per heavy atom. The van der Waals surface area contributed by atoms with Crippen molar-refractivity contribution in [3.8, 4) is 0 Å². The van der Waals surface area contributed by atoms with E-state index in [2.05, 4.69) is 32.1 Å². The Morgan fingerprint density at radius 2 is 1.84 bits per heavy atom. The predicted octanol–water partition coefficient (Wildman–Crippen LogP) is 3.04. The van der Waals surface area contributed by atoms with Gasteiger partial charge in [-0.3, -0.25) is 4.90 Å². The average molecular weight is 462 g/mol. The lowest BCUT2D eigenvalue weighted by atomic mass is 9.87. The van der Waals surface area contributed by atoms with Gasteiger partial charge in [-0.1, -0.05) is 37.6 Å². The van der Waals surface area contributed by atoms with Crippen molar-refractivity contribution in [3.63, 3.8) is 0 Å². The zero-order valence-electron chi connectivity index (χ0n) is 19.2. The van der Waals surface area contributed by atoms with Crippen LogP contribution in [0.25, 0.3) is 0 Å². The van der Waals surface area contributed by atoms with Crippen LogP contribution in [0.5, 0.6) is 0 Å². The van der Waals surface area contributed by atoms with Crippen LogP contribution in [0.3, 0.4) is 0 Å². The van der Waals surface area contributed by atoms with Gasteiger partial charge in [0.25, 0.3) is 0 Å². The molecule has 1 aromatic rings. The Kier molecular flexibility index (Phi) is 7.40. The molecule has 0 spiro atoms. The van der Waals surface area contributed by atoms with E-state index in [4.69, 9.17) is 22.1 Å². The number of nitrogens with zero attached hydrogens (tertiary/aromatic N) is 4. The Hall–Kier alpha value is -1.67. The molecule has 3 N–H and O–H groups in total. The predicted molar refractivity (Wildman–Crippen MR) is 129 cm³/mol. The molecule has 0 aromatic heterocycles. The summed E-state index contributed by atoms with van der Waals surface area (Å²) in [7, 11) is 0. The van der Waals surface area contributed by atoms with Gasteiger partial charge in [0.05, 0.1) is 24.7 Å². The van der Waals surface area contributed by atoms with Crippen molar-refractivity contribution < 1.29 is 9.84 Å². The van der Waals surface area contributed by atoms with Gasteiger partial charge < -0.3 is 20.5 Å². The van der Waals surface area contributed by atoms with Gasteiger partial charge in [0.1, 0.15) is 11.7 Å². The SMILES string of the molecule is CCC(O)(CC)[C@H]1CN(C2CCN(C3=NN=C(N)C3)CC2)[C@@H](Cc2ccc(Cl)cc2)CO1. The molecule has 7 nitrogen and oxygen atoms in total. The molecule has 3 aliphatic rings. The Balaban J connectivity index is 1.46. The molecule has 2 fully saturated rings. The Morgan fingerprint density at radius 1 is 1.16 bits per heavy atom. The zero-order chi connectivity index (χ0) is 22.7. The lowest BCUT2D eigenvalue weighted by Crippen LogP contribution is -2.62. The summed E-state index contributed by atoms with van der Waals surface area (Å²) in [6.45, 7) is 7.39. The highest BCUT2D eigenvalue weighted by Gasteiger charge is 2.43. The minimum absolute atomic E-state index is 0.163. The van der Waals surface area contributed by atoms with Crippen LogP contribution in [-0.2, 0) is 11.2 Å². The van der Waals surface area contributed by atoms with Gasteiger partial charge in [-0.2, -0.15) is 0 Å². The van der Waals surface area contributed by atoms with Crippen molar-refractivity contribution in [1.82, 2.24) is 9.80 Å². The first-order valence-corrected chi connectivity index (χ1v) is 12.3. The molecule has 0 unspecified atom stereocenters. The molecule has 32 heavy (non-hydrogen) atoms. The van der Waals surface area contributed by atoms with Gasteiger partial charge in [0, 0.05) is 36.7 Å². The van der Waals surface area contributed by atoms with Crippen LogP contribution in [0.1, 0.15) is 51.5 Å². The van der Waals surface area contributed by atoms with E-state index in [1.807, 2.05) is 26.0 Å². The third-order valence-corrected chi connectivity index (χ3v) is 7.73. The van der Waals surface area contributed by atoms with E-state index in [0.717, 1.165) is 49.8 Å². The van der Waals surface area contributed by atoms with E-state index >= 15 is 0 Å². The third-order valence-electron chi connectivity index (χ3n) is 7.48. The minimum atomic E-state index is -0.780. The van der Waals surface area contributed by atoms with Crippen LogP contribution in [0.4, 0.5) is 0 Å². The summed E-state index contributed by atoms with van der Waals surface area (Å²) in [4.78, 5) is 4.93. The maximum atomic E-state index is 11.2. The van der Waals surface area contributed by atoms with Crippen molar-refractivity contribution in [1.29, 1.82) is 0 Å². The number of morpholine rings is 1. The number of ether oxygens (including phenoxy) is 1. The molecule has 0 aliphatic carbocycles. The molecule has 176 valence electrons. The van der Waals surface area contributed by atoms with Gasteiger partial charge in [-0.05, 0) is 49.8 Å². The van der Waals surface area contributed by atoms with E-state index in [-0.39, 0.29) is 12.1 Å². The largest absolute Gasteiger partial charge is 0.387 e. The van der Waals surface area contributed by atoms with Crippen LogP contribution in [0, 0.1) is 0 Å². The monoisotopic (exact) mass is 461 g/mol. The summed E-state index contributed by atoms with van der Waals surface area (Å²) in [6.07, 6.45) is 4.91. The normalized spacial score (nSPS) is 25.7. The lowest BCUT2D eigenvalue weighted by molar-refractivity contribution is -0.170. The van der Waals surface area contributed by atoms with Crippen LogP contribution < -0.4 is 5.73 Å². The van der Waals surface area contributed by atoms with Crippen LogP contribution in [0.15, 0.2) is 34.5 Å². The number of nitrogens with two attached hydrogens (primary N) is 1. The number of benzene rings is 1. The van der Waals surface area contributed by atoms with Crippen molar-refractivity contribution >= 4 is 23.3 Å². The van der Waals surface area contributed by atoms with Crippen molar-refractivity contribution in [2.75, 3.05) is 26.2 Å². The topological polar surface area (TPSA) is 86.7 Å². The summed E-state index contributed by atoms with van der Waals surface area (Å²) in [6, 6.07) is 8.85. The maximum absolute atomic E-state index is 11.2. The van der Waals surface area contributed by atoms with E-state index in [1.165, 1.54) is 5.56 Å². The molecule has 2 saturated heterocycles. The molecular formula is C24H36ClN5O2. The fraction of sp³-hybridized carbons (Fsp3) is 0.667. The van der Waals surface area contributed by atoms with Gasteiger partial charge in [-0.15, -0.1) is 10.2 Å². The van der Waals surface area contributed by atoms with E-state index < -0.39 is 5.60 Å². The molecule has 0 bridgehead atoms. The smallest absolute Gasteiger partial charge is 0.135 e. The zero-order valence-corrected chi connectivity index (χ0v) is 20.0. The molecule has 3 aliphatic heterocycles. The maximum Gasteiger partial charge on any atom is 0.135 e. The average Bonchev–Trinajstić information content (AvgIpc) is 3.26. The van der Waals surface area contributed by atoms with Gasteiger partial charge >= 0.3 is 0 Å². The van der Waals surface area contributed by atoms with E-state index in [0.29, 0.717) is 37.7 Å². The number of hydrogen-bond acceptors (Lipinski definition) is 7. The molecule has 4 rings (SSSR count). The summed E-state index contributed by atoms with van der Waals surface area (Å²) in [5.74, 6) is 1.59.